The van der Waals surface area contributed by atoms with Crippen molar-refractivity contribution in [1.82, 2.24) is 0 Å². The average molecular weight is 546 g/mol. The van der Waals surface area contributed by atoms with Crippen molar-refractivity contribution in [1.29, 1.82) is 0 Å². The third kappa shape index (κ3) is 4.39. The minimum Gasteiger partial charge on any atom is -0.744 e. The zero-order valence-corrected chi connectivity index (χ0v) is 24.5. The molecule has 2 saturated heterocycles. The molecule has 1 N–H and O–H groups in total. The first-order chi connectivity index (χ1) is 17.8. The van der Waals surface area contributed by atoms with E-state index in [0.717, 1.165) is 33.7 Å². The Morgan fingerprint density at radius 2 is 1.66 bits per heavy atom. The number of rotatable bonds is 2. The van der Waals surface area contributed by atoms with Crippen LogP contribution >= 0.6 is 0 Å². The molecule has 0 bridgehead atoms. The fourth-order valence-electron chi connectivity index (χ4n) is 10.2. The van der Waals surface area contributed by atoms with E-state index in [1.165, 1.54) is 83.0 Å². The largest absolute Gasteiger partial charge is 0.744 e. The molecule has 0 unspecified atom stereocenters. The lowest BCUT2D eigenvalue weighted by Crippen LogP contribution is -2.56. The molecule has 6 nitrogen and oxygen atoms in total. The molecule has 2 aliphatic heterocycles. The Hall–Kier alpha value is -0.990. The number of quaternary nitrogens is 1. The molecule has 1 aromatic rings. The average Bonchev–Trinajstić information content (AvgIpc) is 3.35. The van der Waals surface area contributed by atoms with E-state index in [0.29, 0.717) is 23.7 Å². The van der Waals surface area contributed by atoms with Crippen molar-refractivity contribution in [2.24, 2.45) is 34.5 Å². The third-order valence-corrected chi connectivity index (χ3v) is 13.4. The van der Waals surface area contributed by atoms with Crippen molar-refractivity contribution in [3.8, 4) is 0 Å². The Morgan fingerprint density at radius 1 is 0.974 bits per heavy atom. The summed E-state index contributed by atoms with van der Waals surface area (Å²) >= 11 is 0. The lowest BCUT2D eigenvalue weighted by atomic mass is 9.45. The smallest absolute Gasteiger partial charge is 0.124 e. The van der Waals surface area contributed by atoms with Crippen LogP contribution in [-0.4, -0.2) is 67.1 Å². The van der Waals surface area contributed by atoms with Crippen molar-refractivity contribution in [3.05, 3.63) is 29.8 Å². The molecule has 0 aromatic heterocycles. The van der Waals surface area contributed by atoms with Crippen LogP contribution in [-0.2, 0) is 14.9 Å². The van der Waals surface area contributed by atoms with Crippen molar-refractivity contribution in [3.63, 3.8) is 0 Å². The summed E-state index contributed by atoms with van der Waals surface area (Å²) < 4.78 is 38.3. The van der Waals surface area contributed by atoms with Crippen LogP contribution in [0.2, 0.25) is 0 Å². The first kappa shape index (κ1) is 27.2. The van der Waals surface area contributed by atoms with Gasteiger partial charge in [0, 0.05) is 24.7 Å². The van der Waals surface area contributed by atoms with Crippen molar-refractivity contribution in [2.45, 2.75) is 108 Å². The maximum absolute atomic E-state index is 11.6. The van der Waals surface area contributed by atoms with Gasteiger partial charge in [-0.2, -0.15) is 0 Å². The summed E-state index contributed by atoms with van der Waals surface area (Å²) in [5.41, 5.74) is 1.61. The zero-order valence-electron chi connectivity index (χ0n) is 23.6. The molecule has 212 valence electrons. The van der Waals surface area contributed by atoms with E-state index in [9.17, 15) is 18.1 Å². The Bertz CT molecular complexity index is 1150. The number of aliphatic hydroxyl groups is 1. The maximum Gasteiger partial charge on any atom is 0.124 e. The molecule has 4 saturated carbocycles. The lowest BCUT2D eigenvalue weighted by molar-refractivity contribution is -0.925. The van der Waals surface area contributed by atoms with E-state index in [1.54, 1.807) is 12.1 Å². The molecule has 0 radical (unpaired) electrons. The Balaban J connectivity index is 0.000000204. The van der Waals surface area contributed by atoms with Crippen LogP contribution in [0.4, 0.5) is 0 Å². The predicted octanol–water partition coefficient (Wildman–Crippen LogP) is 4.89. The van der Waals surface area contributed by atoms with E-state index < -0.39 is 10.1 Å². The van der Waals surface area contributed by atoms with Crippen LogP contribution in [0.1, 0.15) is 77.2 Å². The van der Waals surface area contributed by atoms with Crippen molar-refractivity contribution < 1.29 is 27.3 Å². The van der Waals surface area contributed by atoms with E-state index >= 15 is 0 Å². The molecule has 6 fully saturated rings. The molecule has 2 heterocycles. The minimum absolute atomic E-state index is 0.0837. The Morgan fingerprint density at radius 3 is 2.32 bits per heavy atom. The second-order valence-electron chi connectivity index (χ2n) is 14.5. The van der Waals surface area contributed by atoms with Gasteiger partial charge in [0.25, 0.3) is 0 Å². The van der Waals surface area contributed by atoms with Crippen LogP contribution in [0.3, 0.4) is 0 Å². The number of hydrogen-bond donors (Lipinski definition) is 1. The number of epoxide rings is 1. The number of hydrogen-bond acceptors (Lipinski definition) is 5. The molecule has 7 heteroatoms. The molecule has 38 heavy (non-hydrogen) atoms. The van der Waals surface area contributed by atoms with Gasteiger partial charge < -0.3 is 18.9 Å². The van der Waals surface area contributed by atoms with Crippen molar-refractivity contribution >= 4 is 10.1 Å². The topological polar surface area (TPSA) is 90.0 Å². The number of fused-ring (bicyclic) bond motifs is 6. The minimum atomic E-state index is -4.27. The van der Waals surface area contributed by atoms with Gasteiger partial charge in [-0.05, 0) is 86.7 Å². The molecule has 6 aliphatic rings. The lowest BCUT2D eigenvalue weighted by Gasteiger charge is -2.59. The number of ether oxygens (including phenoxy) is 1. The molecule has 10 atom stereocenters. The normalized spacial score (nSPS) is 46.6. The summed E-state index contributed by atoms with van der Waals surface area (Å²) in [5.74, 6) is 3.39. The Labute approximate surface area is 229 Å². The van der Waals surface area contributed by atoms with Gasteiger partial charge in [0.2, 0.25) is 0 Å². The second kappa shape index (κ2) is 9.27. The van der Waals surface area contributed by atoms with Gasteiger partial charge in [-0.3, -0.25) is 0 Å². The first-order valence-corrected chi connectivity index (χ1v) is 16.5. The van der Waals surface area contributed by atoms with Gasteiger partial charge in [0.05, 0.1) is 37.2 Å². The molecule has 0 amide bonds. The van der Waals surface area contributed by atoms with E-state index in [4.69, 9.17) is 4.74 Å². The summed E-state index contributed by atoms with van der Waals surface area (Å²) in [4.78, 5) is -0.178. The SMILES string of the molecule is C[C@]12C[C@H]3O[C@H]3C[C@@H]1CC[C@@H]1[C@@H]2CC[C@]2(C)[C@H](O)[C@@H]([N+]3(C)CCCC3)C[C@@H]12.Cc1ccc(S(=O)(=O)[O-])cc1. The standard InChI is InChI=1S/C24H40NO2.C7H8O3S/c1-23-9-8-17-16(7-6-15-12-20-21(27-20)14-24(15,17)2)18(23)13-19(22(23)26)25(3)10-4-5-11-25;1-6-2-4-7(5-3-6)11(8,9)10/h15-22,26H,4-14H2,1-3H3;2-5H,1H3,(H,8,9,10)/q+1;/p-1/t15-,16+,17-,18-,19-,20-,21+,22+,23-,24-;/m0./s1. The fourth-order valence-corrected chi connectivity index (χ4v) is 10.7. The highest BCUT2D eigenvalue weighted by Gasteiger charge is 2.67. The highest BCUT2D eigenvalue weighted by molar-refractivity contribution is 7.85. The third-order valence-electron chi connectivity index (χ3n) is 12.6. The summed E-state index contributed by atoms with van der Waals surface area (Å²) in [6, 6.07) is 6.28. The van der Waals surface area contributed by atoms with Gasteiger partial charge in [-0.1, -0.05) is 31.5 Å². The number of likely N-dealkylation sites (N-methyl/N-ethyl adjacent to an activating group) is 1. The van der Waals surface area contributed by atoms with Gasteiger partial charge in [-0.25, -0.2) is 8.42 Å². The van der Waals surface area contributed by atoms with Crippen LogP contribution in [0, 0.1) is 41.4 Å². The number of likely N-dealkylation sites (tertiary alicyclic amines) is 1. The molecular formula is C31H47NO5S. The van der Waals surface area contributed by atoms with Crippen LogP contribution in [0.25, 0.3) is 0 Å². The number of nitrogens with zero attached hydrogens (tertiary/aromatic N) is 1. The maximum atomic E-state index is 11.6. The summed E-state index contributed by atoms with van der Waals surface area (Å²) in [6.07, 6.45) is 13.3. The molecule has 7 rings (SSSR count). The monoisotopic (exact) mass is 545 g/mol. The summed E-state index contributed by atoms with van der Waals surface area (Å²) in [5, 5.41) is 11.6. The second-order valence-corrected chi connectivity index (χ2v) is 15.9. The van der Waals surface area contributed by atoms with Crippen LogP contribution < -0.4 is 0 Å². The van der Waals surface area contributed by atoms with Crippen LogP contribution in [0.15, 0.2) is 29.2 Å². The van der Waals surface area contributed by atoms with Gasteiger partial charge >= 0.3 is 0 Å². The van der Waals surface area contributed by atoms with Gasteiger partial charge in [0.15, 0.2) is 0 Å². The molecular weight excluding hydrogens is 498 g/mol. The summed E-state index contributed by atoms with van der Waals surface area (Å²) in [6.45, 7) is 9.50. The fraction of sp³-hybridized carbons (Fsp3) is 0.806. The first-order valence-electron chi connectivity index (χ1n) is 15.1. The van der Waals surface area contributed by atoms with Crippen molar-refractivity contribution in [2.75, 3.05) is 20.1 Å². The van der Waals surface area contributed by atoms with E-state index in [1.807, 2.05) is 6.92 Å². The van der Waals surface area contributed by atoms with Crippen LogP contribution in [0.5, 0.6) is 0 Å². The highest BCUT2D eigenvalue weighted by atomic mass is 32.2. The molecule has 0 spiro atoms. The zero-order chi connectivity index (χ0) is 27.1. The quantitative estimate of drug-likeness (QED) is 0.325. The molecule has 1 aromatic carbocycles. The number of benzene rings is 1. The highest BCUT2D eigenvalue weighted by Crippen LogP contribution is 2.68. The van der Waals surface area contributed by atoms with E-state index in [-0.39, 0.29) is 16.4 Å². The van der Waals surface area contributed by atoms with Gasteiger partial charge in [0.1, 0.15) is 22.3 Å². The van der Waals surface area contributed by atoms with E-state index in [2.05, 4.69) is 20.9 Å². The Kier molecular flexibility index (Phi) is 6.63. The van der Waals surface area contributed by atoms with Gasteiger partial charge in [-0.15, -0.1) is 0 Å². The molecule has 4 aliphatic carbocycles. The summed E-state index contributed by atoms with van der Waals surface area (Å²) in [7, 11) is -1.82. The number of aryl methyl sites for hydroxylation is 1. The number of aliphatic hydroxyl groups excluding tert-OH is 1. The predicted molar refractivity (Wildman–Crippen MR) is 145 cm³/mol.